The van der Waals surface area contributed by atoms with Crippen LogP contribution in [-0.2, 0) is 17.5 Å². The van der Waals surface area contributed by atoms with E-state index in [1.165, 1.54) is 23.3 Å². The molecule has 1 aliphatic rings. The number of nitrogens with zero attached hydrogens (tertiary/aromatic N) is 1. The number of ether oxygens (including phenoxy) is 2. The van der Waals surface area contributed by atoms with Gasteiger partial charge in [-0.1, -0.05) is 40.2 Å². The molecule has 0 saturated carbocycles. The Kier molecular flexibility index (Phi) is 13.5. The topological polar surface area (TPSA) is 50.8 Å². The molecule has 3 atom stereocenters. The largest absolute Gasteiger partial charge is 0.491 e. The summed E-state index contributed by atoms with van der Waals surface area (Å²) in [6.07, 6.45) is -0.750. The monoisotopic (exact) mass is 564 g/mol. The zero-order chi connectivity index (χ0) is 29.9. The third-order valence-corrected chi connectivity index (χ3v) is 7.51. The summed E-state index contributed by atoms with van der Waals surface area (Å²) in [6, 6.07) is 8.86. The molecule has 0 radical (unpaired) electrons. The fraction of sp³-hybridized carbons (Fsp3) is 0.594. The average Bonchev–Trinajstić information content (AvgIpc) is 3.06. The zero-order valence-electron chi connectivity index (χ0n) is 25.2. The van der Waals surface area contributed by atoms with Crippen LogP contribution in [0.15, 0.2) is 36.4 Å². The summed E-state index contributed by atoms with van der Waals surface area (Å²) in [5.74, 6) is 0.909. The maximum Gasteiger partial charge on any atom is 0.416 e. The predicted molar refractivity (Wildman–Crippen MR) is 155 cm³/mol. The van der Waals surface area contributed by atoms with Crippen molar-refractivity contribution in [3.63, 3.8) is 0 Å². The van der Waals surface area contributed by atoms with Crippen LogP contribution in [-0.4, -0.2) is 49.8 Å². The van der Waals surface area contributed by atoms with Gasteiger partial charge < -0.3 is 14.8 Å². The van der Waals surface area contributed by atoms with E-state index in [9.17, 15) is 18.0 Å². The lowest BCUT2D eigenvalue weighted by molar-refractivity contribution is -0.137. The Morgan fingerprint density at radius 1 is 1.02 bits per heavy atom. The Morgan fingerprint density at radius 2 is 1.70 bits per heavy atom. The molecule has 1 aliphatic heterocycles. The van der Waals surface area contributed by atoms with Crippen molar-refractivity contribution < 1.29 is 27.4 Å². The minimum absolute atomic E-state index is 0.0410. The van der Waals surface area contributed by atoms with Crippen LogP contribution in [0.5, 0.6) is 5.75 Å². The quantitative estimate of drug-likeness (QED) is 0.303. The molecule has 1 fully saturated rings. The van der Waals surface area contributed by atoms with Crippen LogP contribution in [0.2, 0.25) is 0 Å². The first-order valence-electron chi connectivity index (χ1n) is 14.5. The van der Waals surface area contributed by atoms with Crippen LogP contribution < -0.4 is 10.1 Å². The van der Waals surface area contributed by atoms with Crippen LogP contribution in [0.25, 0.3) is 0 Å². The number of halogens is 3. The second kappa shape index (κ2) is 16.0. The summed E-state index contributed by atoms with van der Waals surface area (Å²) in [7, 11) is 1.66. The highest BCUT2D eigenvalue weighted by molar-refractivity contribution is 5.94. The van der Waals surface area contributed by atoms with Crippen LogP contribution in [0, 0.1) is 19.8 Å². The molecule has 1 saturated heterocycles. The maximum atomic E-state index is 12.9. The van der Waals surface area contributed by atoms with Gasteiger partial charge in [-0.05, 0) is 86.1 Å². The van der Waals surface area contributed by atoms with Crippen LogP contribution in [0.1, 0.15) is 86.0 Å². The van der Waals surface area contributed by atoms with Gasteiger partial charge in [0, 0.05) is 37.8 Å². The van der Waals surface area contributed by atoms with Gasteiger partial charge in [0.15, 0.2) is 0 Å². The number of rotatable bonds is 10. The fourth-order valence-electron chi connectivity index (χ4n) is 5.34. The SMILES string of the molecule is CC.CCCC1CC(NC(=O)c2ccc(C(F)(F)F)cc2)CC(C)CN1Cc1ccc(OCCOC)c(C)c1C. The van der Waals surface area contributed by atoms with E-state index in [1.54, 1.807) is 7.11 Å². The first-order valence-corrected chi connectivity index (χ1v) is 14.5. The molecule has 8 heteroatoms. The van der Waals surface area contributed by atoms with Crippen molar-refractivity contribution in [2.75, 3.05) is 26.9 Å². The van der Waals surface area contributed by atoms with E-state index in [0.717, 1.165) is 62.2 Å². The minimum Gasteiger partial charge on any atom is -0.491 e. The molecule has 3 unspecified atom stereocenters. The lowest BCUT2D eigenvalue weighted by Gasteiger charge is -2.32. The standard InChI is InChI=1S/C30H41F3N2O3.C2H6/c1-6-7-27-17-26(34-29(36)23-8-11-25(12-9-23)30(31,32)33)16-20(2)18-35(27)19-24-10-13-28(22(4)21(24)3)38-15-14-37-5;1-2/h8-13,20,26-27H,6-7,14-19H2,1-5H3,(H,34,36);1-2H3. The Labute approximate surface area is 238 Å². The van der Waals surface area contributed by atoms with Crippen LogP contribution in [0.3, 0.4) is 0 Å². The third-order valence-electron chi connectivity index (χ3n) is 7.51. The van der Waals surface area contributed by atoms with Gasteiger partial charge in [-0.3, -0.25) is 9.69 Å². The van der Waals surface area contributed by atoms with E-state index in [-0.39, 0.29) is 17.5 Å². The van der Waals surface area contributed by atoms with Crippen molar-refractivity contribution in [1.82, 2.24) is 10.2 Å². The average molecular weight is 565 g/mol. The van der Waals surface area contributed by atoms with E-state index in [1.807, 2.05) is 19.9 Å². The summed E-state index contributed by atoms with van der Waals surface area (Å²) in [5, 5.41) is 3.12. The van der Waals surface area contributed by atoms with Gasteiger partial charge in [0.25, 0.3) is 5.91 Å². The van der Waals surface area contributed by atoms with E-state index in [0.29, 0.717) is 25.2 Å². The molecule has 3 rings (SSSR count). The van der Waals surface area contributed by atoms with Crippen molar-refractivity contribution >= 4 is 5.91 Å². The van der Waals surface area contributed by atoms with Crippen molar-refractivity contribution in [3.8, 4) is 5.75 Å². The first kappa shape index (κ1) is 33.6. The molecule has 0 spiro atoms. The van der Waals surface area contributed by atoms with Crippen molar-refractivity contribution in [1.29, 1.82) is 0 Å². The van der Waals surface area contributed by atoms with Gasteiger partial charge in [-0.15, -0.1) is 0 Å². The minimum atomic E-state index is -4.42. The summed E-state index contributed by atoms with van der Waals surface area (Å²) in [6.45, 7) is 15.4. The zero-order valence-corrected chi connectivity index (χ0v) is 25.2. The first-order chi connectivity index (χ1) is 19.0. The van der Waals surface area contributed by atoms with Crippen molar-refractivity contribution in [3.05, 3.63) is 64.2 Å². The number of hydrogen-bond donors (Lipinski definition) is 1. The van der Waals surface area contributed by atoms with Crippen LogP contribution in [0.4, 0.5) is 13.2 Å². The second-order valence-corrected chi connectivity index (χ2v) is 10.5. The number of benzene rings is 2. The summed E-state index contributed by atoms with van der Waals surface area (Å²) in [5.41, 5.74) is 3.12. The smallest absolute Gasteiger partial charge is 0.416 e. The number of alkyl halides is 3. The summed E-state index contributed by atoms with van der Waals surface area (Å²) >= 11 is 0. The lowest BCUT2D eigenvalue weighted by Crippen LogP contribution is -2.40. The van der Waals surface area contributed by atoms with Gasteiger partial charge >= 0.3 is 6.18 Å². The molecule has 0 bridgehead atoms. The maximum absolute atomic E-state index is 12.9. The molecule has 1 amide bonds. The normalized spacial score (nSPS) is 19.8. The van der Waals surface area contributed by atoms with Gasteiger partial charge in [0.05, 0.1) is 12.2 Å². The number of carbonyl (C=O) groups is 1. The molecular weight excluding hydrogens is 517 g/mol. The molecule has 0 aromatic heterocycles. The van der Waals surface area contributed by atoms with Crippen LogP contribution >= 0.6 is 0 Å². The molecule has 5 nitrogen and oxygen atoms in total. The Hall–Kier alpha value is -2.58. The van der Waals surface area contributed by atoms with Crippen molar-refractivity contribution in [2.45, 2.75) is 92.0 Å². The Balaban J connectivity index is 0.00000274. The Morgan fingerprint density at radius 3 is 2.30 bits per heavy atom. The van der Waals surface area contributed by atoms with E-state index in [2.05, 4.69) is 44.0 Å². The Bertz CT molecular complexity index is 1060. The van der Waals surface area contributed by atoms with E-state index < -0.39 is 11.7 Å². The number of nitrogens with one attached hydrogen (secondary N) is 1. The molecular formula is C32H47F3N2O3. The van der Waals surface area contributed by atoms with Gasteiger partial charge in [0.1, 0.15) is 12.4 Å². The third kappa shape index (κ3) is 9.51. The molecule has 40 heavy (non-hydrogen) atoms. The summed E-state index contributed by atoms with van der Waals surface area (Å²) in [4.78, 5) is 15.4. The van der Waals surface area contributed by atoms with Gasteiger partial charge in [0.2, 0.25) is 0 Å². The van der Waals surface area contributed by atoms with E-state index in [4.69, 9.17) is 9.47 Å². The number of amides is 1. The highest BCUT2D eigenvalue weighted by Gasteiger charge is 2.32. The highest BCUT2D eigenvalue weighted by atomic mass is 19.4. The number of likely N-dealkylation sites (tertiary alicyclic amines) is 1. The lowest BCUT2D eigenvalue weighted by atomic mass is 9.97. The molecule has 2 aromatic carbocycles. The predicted octanol–water partition coefficient (Wildman–Crippen LogP) is 7.57. The number of methoxy groups -OCH3 is 1. The van der Waals surface area contributed by atoms with Crippen molar-refractivity contribution in [2.24, 2.45) is 5.92 Å². The molecule has 0 aliphatic carbocycles. The molecule has 2 aromatic rings. The van der Waals surface area contributed by atoms with Gasteiger partial charge in [-0.2, -0.15) is 13.2 Å². The second-order valence-electron chi connectivity index (χ2n) is 10.5. The van der Waals surface area contributed by atoms with Gasteiger partial charge in [-0.25, -0.2) is 0 Å². The van der Waals surface area contributed by atoms with E-state index >= 15 is 0 Å². The molecule has 1 heterocycles. The number of hydrogen-bond acceptors (Lipinski definition) is 4. The molecule has 224 valence electrons. The summed E-state index contributed by atoms with van der Waals surface area (Å²) < 4.78 is 49.7. The molecule has 1 N–H and O–H groups in total. The number of carbonyl (C=O) groups excluding carboxylic acids is 1. The highest BCUT2D eigenvalue weighted by Crippen LogP contribution is 2.31. The fourth-order valence-corrected chi connectivity index (χ4v) is 5.34.